The minimum absolute atomic E-state index is 0.108. The van der Waals surface area contributed by atoms with E-state index < -0.39 is 0 Å². The normalized spacial score (nSPS) is 11.2. The fraction of sp³-hybridized carbons (Fsp3) is 0.400. The maximum Gasteiger partial charge on any atom is 0.282 e. The molecule has 0 fully saturated rings. The first kappa shape index (κ1) is 16.9. The van der Waals surface area contributed by atoms with Crippen LogP contribution in [0.3, 0.4) is 0 Å². The van der Waals surface area contributed by atoms with Gasteiger partial charge >= 0.3 is 0 Å². The topological polar surface area (TPSA) is 49.3 Å². The van der Waals surface area contributed by atoms with Gasteiger partial charge in [0.1, 0.15) is 4.88 Å². The number of carbonyl (C=O) groups is 1. The molecule has 2 rings (SSSR count). The summed E-state index contributed by atoms with van der Waals surface area (Å²) < 4.78 is 3.93. The standard InChI is InChI=1S/C15H19ClN4OS/c1-10(2)13-14(22-18-17-13)15(21)20(19(3)4)9-11-7-5-6-8-12(11)16/h5-8,10H,9H2,1-4H3. The number of hydrogen-bond acceptors (Lipinski definition) is 5. The molecule has 1 amide bonds. The molecule has 2 aromatic rings. The second-order valence-corrected chi connectivity index (χ2v) is 6.60. The van der Waals surface area contributed by atoms with Gasteiger partial charge in [-0.1, -0.05) is 48.1 Å². The van der Waals surface area contributed by atoms with Crippen LogP contribution in [-0.4, -0.2) is 39.6 Å². The van der Waals surface area contributed by atoms with Crippen LogP contribution in [0.25, 0.3) is 0 Å². The number of benzene rings is 1. The van der Waals surface area contributed by atoms with Gasteiger partial charge in [-0.3, -0.25) is 9.80 Å². The molecule has 1 aromatic heterocycles. The van der Waals surface area contributed by atoms with Crippen LogP contribution in [0.15, 0.2) is 24.3 Å². The highest BCUT2D eigenvalue weighted by Crippen LogP contribution is 2.24. The first-order chi connectivity index (χ1) is 10.4. The van der Waals surface area contributed by atoms with E-state index in [2.05, 4.69) is 9.59 Å². The summed E-state index contributed by atoms with van der Waals surface area (Å²) >= 11 is 7.34. The average molecular weight is 339 g/mol. The minimum atomic E-state index is -0.108. The molecule has 7 heteroatoms. The van der Waals surface area contributed by atoms with Crippen molar-refractivity contribution in [3.63, 3.8) is 0 Å². The summed E-state index contributed by atoms with van der Waals surface area (Å²) in [7, 11) is 3.66. The van der Waals surface area contributed by atoms with Gasteiger partial charge in [0.05, 0.1) is 12.2 Å². The Hall–Kier alpha value is -1.50. The Morgan fingerprint density at radius 2 is 2.00 bits per heavy atom. The molecule has 0 N–H and O–H groups in total. The average Bonchev–Trinajstić information content (AvgIpc) is 2.95. The summed E-state index contributed by atoms with van der Waals surface area (Å²) in [5.74, 6) is 0.0469. The number of amides is 1. The third-order valence-corrected chi connectivity index (χ3v) is 4.35. The number of aromatic nitrogens is 2. The van der Waals surface area contributed by atoms with Crippen molar-refractivity contribution in [1.82, 2.24) is 19.6 Å². The van der Waals surface area contributed by atoms with Crippen LogP contribution in [0.5, 0.6) is 0 Å². The fourth-order valence-corrected chi connectivity index (χ4v) is 2.98. The van der Waals surface area contributed by atoms with Gasteiger partial charge < -0.3 is 0 Å². The lowest BCUT2D eigenvalue weighted by Crippen LogP contribution is -2.41. The van der Waals surface area contributed by atoms with E-state index in [-0.39, 0.29) is 11.8 Å². The lowest BCUT2D eigenvalue weighted by atomic mass is 10.1. The zero-order chi connectivity index (χ0) is 16.3. The largest absolute Gasteiger partial charge is 0.282 e. The Bertz CT molecular complexity index is 656. The van der Waals surface area contributed by atoms with E-state index in [1.807, 2.05) is 52.2 Å². The highest BCUT2D eigenvalue weighted by Gasteiger charge is 2.25. The van der Waals surface area contributed by atoms with E-state index in [0.29, 0.717) is 16.4 Å². The molecular formula is C15H19ClN4OS. The smallest absolute Gasteiger partial charge is 0.267 e. The summed E-state index contributed by atoms with van der Waals surface area (Å²) in [6.07, 6.45) is 0. The lowest BCUT2D eigenvalue weighted by molar-refractivity contribution is 0.0158. The predicted molar refractivity (Wildman–Crippen MR) is 89.0 cm³/mol. The highest BCUT2D eigenvalue weighted by atomic mass is 35.5. The predicted octanol–water partition coefficient (Wildman–Crippen LogP) is 3.43. The van der Waals surface area contributed by atoms with Crippen LogP contribution in [-0.2, 0) is 6.54 Å². The molecule has 0 saturated heterocycles. The summed E-state index contributed by atoms with van der Waals surface area (Å²) in [5.41, 5.74) is 1.63. The van der Waals surface area contributed by atoms with Gasteiger partial charge in [-0.25, -0.2) is 5.01 Å². The number of hydrazine groups is 1. The SMILES string of the molecule is CC(C)c1nnsc1C(=O)N(Cc1ccccc1Cl)N(C)C. The third-order valence-electron chi connectivity index (χ3n) is 3.25. The quantitative estimate of drug-likeness (QED) is 0.784. The van der Waals surface area contributed by atoms with Crippen molar-refractivity contribution in [3.05, 3.63) is 45.4 Å². The van der Waals surface area contributed by atoms with Crippen molar-refractivity contribution < 1.29 is 4.79 Å². The zero-order valence-electron chi connectivity index (χ0n) is 13.1. The number of carbonyl (C=O) groups excluding carboxylic acids is 1. The summed E-state index contributed by atoms with van der Waals surface area (Å²) in [4.78, 5) is 13.4. The molecule has 0 atom stereocenters. The van der Waals surface area contributed by atoms with E-state index in [4.69, 9.17) is 11.6 Å². The van der Waals surface area contributed by atoms with Crippen LogP contribution in [0, 0.1) is 0 Å². The first-order valence-corrected chi connectivity index (χ1v) is 8.11. The Labute approximate surface area is 139 Å². The molecule has 5 nitrogen and oxygen atoms in total. The monoisotopic (exact) mass is 338 g/mol. The van der Waals surface area contributed by atoms with E-state index in [9.17, 15) is 4.79 Å². The van der Waals surface area contributed by atoms with Crippen LogP contribution in [0.2, 0.25) is 5.02 Å². The maximum atomic E-state index is 12.9. The lowest BCUT2D eigenvalue weighted by Gasteiger charge is -2.29. The third kappa shape index (κ3) is 3.63. The van der Waals surface area contributed by atoms with Crippen molar-refractivity contribution in [2.75, 3.05) is 14.1 Å². The summed E-state index contributed by atoms with van der Waals surface area (Å²) in [5, 5.41) is 8.13. The van der Waals surface area contributed by atoms with E-state index in [0.717, 1.165) is 22.8 Å². The molecule has 0 aliphatic carbocycles. The molecule has 0 aliphatic rings. The van der Waals surface area contributed by atoms with Crippen molar-refractivity contribution in [3.8, 4) is 0 Å². The number of nitrogens with zero attached hydrogens (tertiary/aromatic N) is 4. The molecule has 1 aromatic carbocycles. The van der Waals surface area contributed by atoms with Crippen molar-refractivity contribution in [2.45, 2.75) is 26.3 Å². The molecule has 0 aliphatic heterocycles. The molecule has 118 valence electrons. The van der Waals surface area contributed by atoms with E-state index >= 15 is 0 Å². The first-order valence-electron chi connectivity index (χ1n) is 6.96. The van der Waals surface area contributed by atoms with Gasteiger partial charge in [0.2, 0.25) is 0 Å². The van der Waals surface area contributed by atoms with E-state index in [1.165, 1.54) is 0 Å². The van der Waals surface area contributed by atoms with Crippen molar-refractivity contribution in [2.24, 2.45) is 0 Å². The van der Waals surface area contributed by atoms with Gasteiger partial charge in [0.15, 0.2) is 0 Å². The number of hydrogen-bond donors (Lipinski definition) is 0. The Morgan fingerprint density at radius 1 is 1.32 bits per heavy atom. The van der Waals surface area contributed by atoms with Crippen LogP contribution in [0.4, 0.5) is 0 Å². The number of rotatable bonds is 5. The minimum Gasteiger partial charge on any atom is -0.267 e. The number of halogens is 1. The summed E-state index contributed by atoms with van der Waals surface area (Å²) in [6, 6.07) is 7.52. The van der Waals surface area contributed by atoms with Crippen molar-refractivity contribution in [1.29, 1.82) is 0 Å². The highest BCUT2D eigenvalue weighted by molar-refractivity contribution is 7.08. The van der Waals surface area contributed by atoms with Crippen molar-refractivity contribution >= 4 is 29.0 Å². The van der Waals surface area contributed by atoms with Gasteiger partial charge in [-0.05, 0) is 29.1 Å². The van der Waals surface area contributed by atoms with Crippen LogP contribution < -0.4 is 0 Å². The van der Waals surface area contributed by atoms with Gasteiger partial charge in [-0.2, -0.15) is 0 Å². The fourth-order valence-electron chi connectivity index (χ4n) is 2.02. The molecule has 0 spiro atoms. The van der Waals surface area contributed by atoms with Gasteiger partial charge in [-0.15, -0.1) is 5.10 Å². The Morgan fingerprint density at radius 3 is 2.59 bits per heavy atom. The maximum absolute atomic E-state index is 12.9. The van der Waals surface area contributed by atoms with Gasteiger partial charge in [0.25, 0.3) is 5.91 Å². The molecular weight excluding hydrogens is 320 g/mol. The second-order valence-electron chi connectivity index (χ2n) is 5.44. The molecule has 0 bridgehead atoms. The molecule has 0 unspecified atom stereocenters. The molecule has 0 saturated carbocycles. The second kappa shape index (κ2) is 7.17. The van der Waals surface area contributed by atoms with E-state index in [1.54, 1.807) is 10.0 Å². The van der Waals surface area contributed by atoms with Crippen LogP contribution >= 0.6 is 23.1 Å². The Kier molecular flexibility index (Phi) is 5.50. The molecule has 0 radical (unpaired) electrons. The molecule has 22 heavy (non-hydrogen) atoms. The Balaban J connectivity index is 2.30. The zero-order valence-corrected chi connectivity index (χ0v) is 14.6. The summed E-state index contributed by atoms with van der Waals surface area (Å²) in [6.45, 7) is 4.41. The van der Waals surface area contributed by atoms with Crippen LogP contribution in [0.1, 0.15) is 40.7 Å². The van der Waals surface area contributed by atoms with Gasteiger partial charge in [0, 0.05) is 19.1 Å². The molecule has 1 heterocycles.